The van der Waals surface area contributed by atoms with Crippen molar-refractivity contribution in [1.29, 1.82) is 0 Å². The normalized spacial score (nSPS) is 25.4. The summed E-state index contributed by atoms with van der Waals surface area (Å²) in [5.74, 6) is -0.663. The minimum Gasteiger partial charge on any atom is -0.494 e. The monoisotopic (exact) mass is 352 g/mol. The quantitative estimate of drug-likeness (QED) is 0.863. The van der Waals surface area contributed by atoms with Gasteiger partial charge >= 0.3 is 0 Å². The van der Waals surface area contributed by atoms with Crippen LogP contribution in [0.3, 0.4) is 0 Å². The molecule has 22 heavy (non-hydrogen) atoms. The Labute approximate surface area is 135 Å². The number of hydrogen-bond acceptors (Lipinski definition) is 5. The van der Waals surface area contributed by atoms with Crippen molar-refractivity contribution in [2.45, 2.75) is 17.0 Å². The molecule has 9 heteroatoms. The first kappa shape index (κ1) is 17.4. The van der Waals surface area contributed by atoms with Gasteiger partial charge in [-0.15, -0.1) is 12.4 Å². The maximum absolute atomic E-state index is 13.5. The van der Waals surface area contributed by atoms with E-state index >= 15 is 0 Å². The van der Waals surface area contributed by atoms with Crippen molar-refractivity contribution in [3.8, 4) is 5.75 Å². The molecule has 2 fully saturated rings. The predicted molar refractivity (Wildman–Crippen MR) is 80.5 cm³/mol. The molecule has 0 amide bonds. The summed E-state index contributed by atoms with van der Waals surface area (Å²) in [6.45, 7) is 1.86. The number of nitrogens with one attached hydrogen (secondary N) is 1. The molecular formula is C13H18ClFN2O4S. The fourth-order valence-corrected chi connectivity index (χ4v) is 4.44. The molecule has 2 aliphatic rings. The number of nitrogens with zero attached hydrogens (tertiary/aromatic N) is 1. The third-order valence-electron chi connectivity index (χ3n) is 3.87. The van der Waals surface area contributed by atoms with E-state index in [0.29, 0.717) is 26.2 Å². The van der Waals surface area contributed by atoms with E-state index in [1.807, 2.05) is 0 Å². The van der Waals surface area contributed by atoms with Crippen LogP contribution in [0.15, 0.2) is 23.1 Å². The van der Waals surface area contributed by atoms with E-state index < -0.39 is 15.8 Å². The van der Waals surface area contributed by atoms with Gasteiger partial charge in [0.15, 0.2) is 11.6 Å². The average Bonchev–Trinajstić information content (AvgIpc) is 2.95. The first-order valence-electron chi connectivity index (χ1n) is 6.72. The van der Waals surface area contributed by atoms with Gasteiger partial charge in [-0.3, -0.25) is 0 Å². The first-order chi connectivity index (χ1) is 10.0. The Kier molecular flexibility index (Phi) is 5.29. The fraction of sp³-hybridized carbons (Fsp3) is 0.538. The molecule has 3 rings (SSSR count). The molecule has 0 spiro atoms. The number of methoxy groups -OCH3 is 1. The molecule has 124 valence electrons. The molecule has 1 aromatic carbocycles. The molecule has 1 aromatic rings. The number of halogens is 2. The molecule has 0 saturated carbocycles. The predicted octanol–water partition coefficient (Wildman–Crippen LogP) is 0.617. The summed E-state index contributed by atoms with van der Waals surface area (Å²) in [5.41, 5.74) is 0. The highest BCUT2D eigenvalue weighted by Gasteiger charge is 2.42. The zero-order valence-electron chi connectivity index (χ0n) is 12.0. The molecule has 2 atom stereocenters. The molecule has 2 saturated heterocycles. The van der Waals surface area contributed by atoms with E-state index in [4.69, 9.17) is 9.47 Å². The van der Waals surface area contributed by atoms with Gasteiger partial charge in [-0.2, -0.15) is 4.31 Å². The van der Waals surface area contributed by atoms with Gasteiger partial charge in [0.1, 0.15) is 0 Å². The summed E-state index contributed by atoms with van der Waals surface area (Å²) in [6, 6.07) is 3.37. The fourth-order valence-electron chi connectivity index (χ4n) is 2.79. The van der Waals surface area contributed by atoms with Crippen LogP contribution in [-0.4, -0.2) is 58.2 Å². The third kappa shape index (κ3) is 2.93. The number of rotatable bonds is 3. The lowest BCUT2D eigenvalue weighted by Crippen LogP contribution is -2.53. The third-order valence-corrected chi connectivity index (χ3v) is 5.79. The highest BCUT2D eigenvalue weighted by Crippen LogP contribution is 2.28. The molecule has 1 N–H and O–H groups in total. The van der Waals surface area contributed by atoms with Crippen molar-refractivity contribution in [3.63, 3.8) is 0 Å². The summed E-state index contributed by atoms with van der Waals surface area (Å²) >= 11 is 0. The SMILES string of the molecule is COc1cc(S(=O)(=O)N2CCO[C@H]3CNC[C@H]32)ccc1F.Cl. The van der Waals surface area contributed by atoms with Crippen LogP contribution >= 0.6 is 12.4 Å². The van der Waals surface area contributed by atoms with Crippen LogP contribution in [0.5, 0.6) is 5.75 Å². The van der Waals surface area contributed by atoms with Gasteiger partial charge in [0.05, 0.1) is 30.8 Å². The maximum atomic E-state index is 13.5. The van der Waals surface area contributed by atoms with Gasteiger partial charge in [-0.25, -0.2) is 12.8 Å². The minimum absolute atomic E-state index is 0. The lowest BCUT2D eigenvalue weighted by atomic mass is 10.2. The number of hydrogen-bond donors (Lipinski definition) is 1. The standard InChI is InChI=1S/C13H17FN2O4S.ClH/c1-19-12-6-9(2-3-10(12)14)21(17,18)16-4-5-20-13-8-15-7-11(13)16;/h2-3,6,11,13,15H,4-5,7-8H2,1H3;1H/t11-,13+;/m1./s1. The van der Waals surface area contributed by atoms with Crippen molar-refractivity contribution in [3.05, 3.63) is 24.0 Å². The lowest BCUT2D eigenvalue weighted by Gasteiger charge is -2.35. The topological polar surface area (TPSA) is 67.9 Å². The van der Waals surface area contributed by atoms with E-state index in [2.05, 4.69) is 5.32 Å². The van der Waals surface area contributed by atoms with Crippen molar-refractivity contribution in [2.75, 3.05) is 33.4 Å². The smallest absolute Gasteiger partial charge is 0.243 e. The molecule has 2 aliphatic heterocycles. The van der Waals surface area contributed by atoms with E-state index in [-0.39, 0.29) is 35.2 Å². The van der Waals surface area contributed by atoms with E-state index in [1.54, 1.807) is 0 Å². The summed E-state index contributed by atoms with van der Waals surface area (Å²) < 4.78 is 50.9. The molecule has 6 nitrogen and oxygen atoms in total. The second kappa shape index (κ2) is 6.67. The summed E-state index contributed by atoms with van der Waals surface area (Å²) in [7, 11) is -2.39. The van der Waals surface area contributed by atoms with Crippen molar-refractivity contribution in [1.82, 2.24) is 9.62 Å². The van der Waals surface area contributed by atoms with Crippen LogP contribution in [0.25, 0.3) is 0 Å². The zero-order valence-corrected chi connectivity index (χ0v) is 13.6. The Bertz CT molecular complexity index is 643. The summed E-state index contributed by atoms with van der Waals surface area (Å²) in [6.07, 6.45) is -0.129. The van der Waals surface area contributed by atoms with Gasteiger partial charge in [-0.05, 0) is 12.1 Å². The Morgan fingerprint density at radius 2 is 2.18 bits per heavy atom. The number of ether oxygens (including phenoxy) is 2. The largest absolute Gasteiger partial charge is 0.494 e. The Hall–Kier alpha value is -0.930. The van der Waals surface area contributed by atoms with Gasteiger partial charge in [0.25, 0.3) is 0 Å². The lowest BCUT2D eigenvalue weighted by molar-refractivity contribution is -0.0149. The second-order valence-electron chi connectivity index (χ2n) is 5.05. The zero-order chi connectivity index (χ0) is 15.0. The van der Waals surface area contributed by atoms with Gasteiger partial charge in [-0.1, -0.05) is 0 Å². The van der Waals surface area contributed by atoms with Gasteiger partial charge in [0.2, 0.25) is 10.0 Å². The van der Waals surface area contributed by atoms with E-state index in [9.17, 15) is 12.8 Å². The van der Waals surface area contributed by atoms with Crippen molar-refractivity contribution < 1.29 is 22.3 Å². The molecular weight excluding hydrogens is 335 g/mol. The Morgan fingerprint density at radius 1 is 1.41 bits per heavy atom. The van der Waals surface area contributed by atoms with Crippen LogP contribution in [0, 0.1) is 5.82 Å². The number of morpholine rings is 1. The van der Waals surface area contributed by atoms with Crippen LogP contribution in [0.2, 0.25) is 0 Å². The van der Waals surface area contributed by atoms with Crippen LogP contribution < -0.4 is 10.1 Å². The highest BCUT2D eigenvalue weighted by molar-refractivity contribution is 7.89. The van der Waals surface area contributed by atoms with Crippen LogP contribution in [0.1, 0.15) is 0 Å². The molecule has 0 bridgehead atoms. The minimum atomic E-state index is -3.70. The first-order valence-corrected chi connectivity index (χ1v) is 8.16. The molecule has 2 heterocycles. The molecule has 0 unspecified atom stereocenters. The van der Waals surface area contributed by atoms with E-state index in [0.717, 1.165) is 6.07 Å². The molecule has 0 aliphatic carbocycles. The number of benzene rings is 1. The van der Waals surface area contributed by atoms with Gasteiger partial charge in [0, 0.05) is 25.7 Å². The Morgan fingerprint density at radius 3 is 2.91 bits per heavy atom. The van der Waals surface area contributed by atoms with Crippen molar-refractivity contribution >= 4 is 22.4 Å². The maximum Gasteiger partial charge on any atom is 0.243 e. The highest BCUT2D eigenvalue weighted by atomic mass is 35.5. The van der Waals surface area contributed by atoms with Crippen LogP contribution in [-0.2, 0) is 14.8 Å². The van der Waals surface area contributed by atoms with Gasteiger partial charge < -0.3 is 14.8 Å². The van der Waals surface area contributed by atoms with Crippen LogP contribution in [0.4, 0.5) is 4.39 Å². The number of fused-ring (bicyclic) bond motifs is 1. The molecule has 0 aromatic heterocycles. The average molecular weight is 353 g/mol. The second-order valence-corrected chi connectivity index (χ2v) is 6.94. The molecule has 0 radical (unpaired) electrons. The number of sulfonamides is 1. The Balaban J connectivity index is 0.00000176. The van der Waals surface area contributed by atoms with E-state index in [1.165, 1.54) is 23.5 Å². The summed E-state index contributed by atoms with van der Waals surface area (Å²) in [4.78, 5) is 0.0355. The summed E-state index contributed by atoms with van der Waals surface area (Å²) in [5, 5.41) is 3.13. The van der Waals surface area contributed by atoms with Crippen molar-refractivity contribution in [2.24, 2.45) is 0 Å².